The first-order valence-corrected chi connectivity index (χ1v) is 7.76. The normalized spacial score (nSPS) is 20.5. The van der Waals surface area contributed by atoms with Crippen molar-refractivity contribution in [3.8, 4) is 0 Å². The molecule has 3 rings (SSSR count). The molecule has 1 aromatic rings. The monoisotopic (exact) mass is 303 g/mol. The Hall–Kier alpha value is -2.04. The van der Waals surface area contributed by atoms with Crippen molar-refractivity contribution >= 4 is 12.1 Å². The fourth-order valence-electron chi connectivity index (χ4n) is 3.50. The largest absolute Gasteiger partial charge is 0.481 e. The van der Waals surface area contributed by atoms with Gasteiger partial charge in [0, 0.05) is 18.5 Å². The minimum Gasteiger partial charge on any atom is -0.481 e. The predicted molar refractivity (Wildman–Crippen MR) is 80.2 cm³/mol. The molecule has 2 aliphatic rings. The molecule has 1 aliphatic heterocycles. The minimum atomic E-state index is -0.687. The molecular weight excluding hydrogens is 282 g/mol. The van der Waals surface area contributed by atoms with E-state index in [1.54, 1.807) is 4.90 Å². The zero-order chi connectivity index (χ0) is 15.6. The van der Waals surface area contributed by atoms with Crippen molar-refractivity contribution in [1.82, 2.24) is 4.90 Å². The Balaban J connectivity index is 1.43. The highest BCUT2D eigenvalue weighted by Gasteiger charge is 2.48. The second-order valence-electron chi connectivity index (χ2n) is 6.51. The van der Waals surface area contributed by atoms with Crippen LogP contribution >= 0.6 is 0 Å². The first-order chi connectivity index (χ1) is 10.6. The van der Waals surface area contributed by atoms with E-state index >= 15 is 0 Å². The third-order valence-corrected chi connectivity index (χ3v) is 4.91. The van der Waals surface area contributed by atoms with E-state index in [-0.39, 0.29) is 17.4 Å². The van der Waals surface area contributed by atoms with Gasteiger partial charge in [0.1, 0.15) is 6.61 Å². The molecule has 1 aromatic carbocycles. The molecule has 0 unspecified atom stereocenters. The lowest BCUT2D eigenvalue weighted by Gasteiger charge is -2.52. The number of nitrogens with zero attached hydrogens (tertiary/aromatic N) is 1. The van der Waals surface area contributed by atoms with Crippen LogP contribution in [0.1, 0.15) is 31.2 Å². The number of ether oxygens (including phenoxy) is 1. The number of hydrogen-bond donors (Lipinski definition) is 1. The van der Waals surface area contributed by atoms with Gasteiger partial charge in [-0.25, -0.2) is 4.79 Å². The first-order valence-electron chi connectivity index (χ1n) is 7.76. The van der Waals surface area contributed by atoms with Gasteiger partial charge in [0.15, 0.2) is 0 Å². The van der Waals surface area contributed by atoms with Crippen molar-refractivity contribution in [2.75, 3.05) is 13.1 Å². The van der Waals surface area contributed by atoms with Gasteiger partial charge < -0.3 is 14.7 Å². The molecule has 0 radical (unpaired) electrons. The number of likely N-dealkylation sites (tertiary alicyclic amines) is 1. The Bertz CT molecular complexity index is 541. The van der Waals surface area contributed by atoms with Crippen molar-refractivity contribution in [2.45, 2.75) is 32.3 Å². The van der Waals surface area contributed by atoms with E-state index < -0.39 is 5.97 Å². The first kappa shape index (κ1) is 14.9. The molecular formula is C17H21NO4. The van der Waals surface area contributed by atoms with E-state index in [0.717, 1.165) is 31.2 Å². The molecule has 0 bridgehead atoms. The second kappa shape index (κ2) is 5.99. The molecule has 118 valence electrons. The average Bonchev–Trinajstić information content (AvgIpc) is 2.51. The standard InChI is InChI=1S/C17H21NO4/c19-15(20)14-6-8-17(9-7-14)11-18(12-17)16(21)22-10-13-4-2-1-3-5-13/h1-5,14H,6-12H2,(H,19,20). The maximum Gasteiger partial charge on any atom is 0.410 e. The molecule has 1 aliphatic carbocycles. The smallest absolute Gasteiger partial charge is 0.410 e. The maximum absolute atomic E-state index is 12.0. The van der Waals surface area contributed by atoms with Crippen LogP contribution < -0.4 is 0 Å². The summed E-state index contributed by atoms with van der Waals surface area (Å²) in [5.74, 6) is -0.891. The summed E-state index contributed by atoms with van der Waals surface area (Å²) >= 11 is 0. The molecule has 1 saturated heterocycles. The van der Waals surface area contributed by atoms with Gasteiger partial charge in [-0.2, -0.15) is 0 Å². The van der Waals surface area contributed by atoms with Crippen LogP contribution in [0.3, 0.4) is 0 Å². The zero-order valence-corrected chi connectivity index (χ0v) is 12.5. The maximum atomic E-state index is 12.0. The van der Waals surface area contributed by atoms with Crippen LogP contribution in [0, 0.1) is 11.3 Å². The van der Waals surface area contributed by atoms with Crippen LogP contribution in [0.4, 0.5) is 4.79 Å². The van der Waals surface area contributed by atoms with Gasteiger partial charge in [-0.3, -0.25) is 4.79 Å². The number of carbonyl (C=O) groups excluding carboxylic acids is 1. The van der Waals surface area contributed by atoms with E-state index in [1.807, 2.05) is 30.3 Å². The SMILES string of the molecule is O=C(O)C1CCC2(CC1)CN(C(=O)OCc1ccccc1)C2. The van der Waals surface area contributed by atoms with Gasteiger partial charge in [-0.1, -0.05) is 30.3 Å². The summed E-state index contributed by atoms with van der Waals surface area (Å²) in [4.78, 5) is 24.7. The van der Waals surface area contributed by atoms with Gasteiger partial charge >= 0.3 is 12.1 Å². The van der Waals surface area contributed by atoms with Crippen LogP contribution in [0.5, 0.6) is 0 Å². The average molecular weight is 303 g/mol. The summed E-state index contributed by atoms with van der Waals surface area (Å²) < 4.78 is 5.32. The van der Waals surface area contributed by atoms with Gasteiger partial charge in [0.25, 0.3) is 0 Å². The van der Waals surface area contributed by atoms with Crippen LogP contribution in [0.25, 0.3) is 0 Å². The van der Waals surface area contributed by atoms with Crippen LogP contribution in [0.2, 0.25) is 0 Å². The summed E-state index contributed by atoms with van der Waals surface area (Å²) in [7, 11) is 0. The van der Waals surface area contributed by atoms with E-state index in [2.05, 4.69) is 0 Å². The second-order valence-corrected chi connectivity index (χ2v) is 6.51. The summed E-state index contributed by atoms with van der Waals surface area (Å²) in [5, 5.41) is 9.03. The highest BCUT2D eigenvalue weighted by atomic mass is 16.6. The molecule has 2 fully saturated rings. The Labute approximate surface area is 129 Å². The lowest BCUT2D eigenvalue weighted by molar-refractivity contribution is -0.145. The number of rotatable bonds is 3. The van der Waals surface area contributed by atoms with Gasteiger partial charge in [-0.05, 0) is 31.2 Å². The minimum absolute atomic E-state index is 0.137. The molecule has 1 heterocycles. The lowest BCUT2D eigenvalue weighted by Crippen LogP contribution is -2.59. The van der Waals surface area contributed by atoms with Crippen molar-refractivity contribution in [3.63, 3.8) is 0 Å². The van der Waals surface area contributed by atoms with Gasteiger partial charge in [0.05, 0.1) is 5.92 Å². The topological polar surface area (TPSA) is 66.8 Å². The molecule has 1 spiro atoms. The summed E-state index contributed by atoms with van der Waals surface area (Å²) in [6.45, 7) is 1.70. The molecule has 1 saturated carbocycles. The molecule has 0 aromatic heterocycles. The quantitative estimate of drug-likeness (QED) is 0.932. The Morgan fingerprint density at radius 2 is 1.82 bits per heavy atom. The Morgan fingerprint density at radius 1 is 1.18 bits per heavy atom. The van der Waals surface area contributed by atoms with Crippen molar-refractivity contribution in [3.05, 3.63) is 35.9 Å². The van der Waals surface area contributed by atoms with Crippen LogP contribution in [0.15, 0.2) is 30.3 Å². The highest BCUT2D eigenvalue weighted by Crippen LogP contribution is 2.45. The van der Waals surface area contributed by atoms with Crippen LogP contribution in [-0.4, -0.2) is 35.2 Å². The number of hydrogen-bond acceptors (Lipinski definition) is 3. The fourth-order valence-corrected chi connectivity index (χ4v) is 3.50. The summed E-state index contributed by atoms with van der Waals surface area (Å²) in [6.07, 6.45) is 2.97. The van der Waals surface area contributed by atoms with Crippen LogP contribution in [-0.2, 0) is 16.1 Å². The molecule has 1 N–H and O–H groups in total. The van der Waals surface area contributed by atoms with Crippen molar-refractivity contribution in [2.24, 2.45) is 11.3 Å². The highest BCUT2D eigenvalue weighted by molar-refractivity contribution is 5.70. The number of carbonyl (C=O) groups is 2. The van der Waals surface area contributed by atoms with E-state index in [9.17, 15) is 9.59 Å². The number of carboxylic acid groups (broad SMARTS) is 1. The number of carboxylic acids is 1. The van der Waals surface area contributed by atoms with E-state index in [4.69, 9.17) is 9.84 Å². The van der Waals surface area contributed by atoms with Crippen molar-refractivity contribution in [1.29, 1.82) is 0 Å². The summed E-state index contributed by atoms with van der Waals surface area (Å²) in [6, 6.07) is 9.62. The Morgan fingerprint density at radius 3 is 2.41 bits per heavy atom. The summed E-state index contributed by atoms with van der Waals surface area (Å²) in [5.41, 5.74) is 1.12. The molecule has 1 amide bonds. The lowest BCUT2D eigenvalue weighted by atomic mass is 9.66. The third kappa shape index (κ3) is 3.08. The number of amides is 1. The predicted octanol–water partition coefficient (Wildman–Crippen LogP) is 2.90. The Kier molecular flexibility index (Phi) is 4.05. The molecule has 22 heavy (non-hydrogen) atoms. The van der Waals surface area contributed by atoms with Crippen molar-refractivity contribution < 1.29 is 19.4 Å². The van der Waals surface area contributed by atoms with E-state index in [1.165, 1.54) is 0 Å². The zero-order valence-electron chi connectivity index (χ0n) is 12.5. The number of aliphatic carboxylic acids is 1. The fraction of sp³-hybridized carbons (Fsp3) is 0.529. The van der Waals surface area contributed by atoms with E-state index in [0.29, 0.717) is 19.7 Å². The van der Waals surface area contributed by atoms with Gasteiger partial charge in [0.2, 0.25) is 0 Å². The number of benzene rings is 1. The molecule has 5 nitrogen and oxygen atoms in total. The molecule has 5 heteroatoms. The molecule has 0 atom stereocenters. The van der Waals surface area contributed by atoms with Gasteiger partial charge in [-0.15, -0.1) is 0 Å². The third-order valence-electron chi connectivity index (χ3n) is 4.91.